The second kappa shape index (κ2) is 9.12. The fourth-order valence-corrected chi connectivity index (χ4v) is 4.06. The molecule has 0 radical (unpaired) electrons. The molecule has 0 aromatic heterocycles. The van der Waals surface area contributed by atoms with Gasteiger partial charge in [0.05, 0.1) is 43.7 Å². The predicted molar refractivity (Wildman–Crippen MR) is 107 cm³/mol. The second-order valence-electron chi connectivity index (χ2n) is 9.08. The Kier molecular flexibility index (Phi) is 7.66. The molecule has 0 spiro atoms. The van der Waals surface area contributed by atoms with E-state index in [1.54, 1.807) is 13.8 Å². The number of aliphatic hydroxyl groups is 3. The summed E-state index contributed by atoms with van der Waals surface area (Å²) in [6.07, 6.45) is -4.55. The molecule has 2 rings (SSSR count). The number of rotatable bonds is 8. The molecular formula is C18H31NO12S. The van der Waals surface area contributed by atoms with E-state index < -0.39 is 82.4 Å². The smallest absolute Gasteiger partial charge is 0.397 e. The van der Waals surface area contributed by atoms with Crippen LogP contribution in [0.25, 0.3) is 0 Å². The summed E-state index contributed by atoms with van der Waals surface area (Å²) in [5.41, 5.74) is 2.02. The average molecular weight is 486 g/mol. The Morgan fingerprint density at radius 1 is 1.16 bits per heavy atom. The van der Waals surface area contributed by atoms with E-state index in [1.165, 1.54) is 13.8 Å². The molecule has 2 aliphatic heterocycles. The zero-order valence-electron chi connectivity index (χ0n) is 18.2. The van der Waals surface area contributed by atoms with Crippen LogP contribution in [-0.4, -0.2) is 101 Å². The molecule has 7 atom stereocenters. The van der Waals surface area contributed by atoms with E-state index in [9.17, 15) is 28.5 Å². The molecule has 13 nitrogen and oxygen atoms in total. The number of aliphatic hydroxyl groups excluding tert-OH is 3. The average Bonchev–Trinajstić information content (AvgIpc) is 2.65. The Bertz CT molecular complexity index is 845. The monoisotopic (exact) mass is 485 g/mol. The lowest BCUT2D eigenvalue weighted by atomic mass is 9.70. The van der Waals surface area contributed by atoms with E-state index in [1.807, 2.05) is 0 Å². The van der Waals surface area contributed by atoms with Crippen molar-refractivity contribution in [1.82, 2.24) is 0 Å². The summed E-state index contributed by atoms with van der Waals surface area (Å²) in [5, 5.41) is 40.3. The van der Waals surface area contributed by atoms with Crippen LogP contribution < -0.4 is 5.73 Å². The van der Waals surface area contributed by atoms with Crippen LogP contribution in [0.5, 0.6) is 0 Å². The molecule has 0 aliphatic carbocycles. The number of carboxylic acid groups (broad SMARTS) is 1. The van der Waals surface area contributed by atoms with Gasteiger partial charge in [-0.15, -0.1) is 0 Å². The fourth-order valence-electron chi connectivity index (χ4n) is 3.77. The van der Waals surface area contributed by atoms with Gasteiger partial charge in [0.15, 0.2) is 5.60 Å². The van der Waals surface area contributed by atoms with Crippen LogP contribution in [0.4, 0.5) is 0 Å². The lowest BCUT2D eigenvalue weighted by Gasteiger charge is -2.53. The molecule has 32 heavy (non-hydrogen) atoms. The number of aliphatic carboxylic acids is 1. The number of ether oxygens (including phenoxy) is 3. The summed E-state index contributed by atoms with van der Waals surface area (Å²) in [5.74, 6) is -2.01. The molecule has 0 aromatic rings. The number of nitrogens with two attached hydrogens (primary N) is 1. The Hall–Kier alpha value is -1.36. The normalized spacial score (nSPS) is 39.8. The highest BCUT2D eigenvalue weighted by atomic mass is 32.3. The first-order valence-electron chi connectivity index (χ1n) is 9.74. The van der Waals surface area contributed by atoms with Gasteiger partial charge in [-0.3, -0.25) is 4.55 Å². The molecule has 14 heteroatoms. The van der Waals surface area contributed by atoms with Crippen LogP contribution in [0, 0.1) is 5.41 Å². The quantitative estimate of drug-likeness (QED) is 0.209. The maximum Gasteiger partial charge on any atom is 0.397 e. The van der Waals surface area contributed by atoms with Gasteiger partial charge >= 0.3 is 16.4 Å². The lowest BCUT2D eigenvalue weighted by molar-refractivity contribution is -0.251. The lowest BCUT2D eigenvalue weighted by Crippen LogP contribution is -2.69. The van der Waals surface area contributed by atoms with Gasteiger partial charge in [0, 0.05) is 5.41 Å². The van der Waals surface area contributed by atoms with Crippen molar-refractivity contribution in [3.8, 4) is 0 Å². The van der Waals surface area contributed by atoms with Gasteiger partial charge in [0.25, 0.3) is 0 Å². The van der Waals surface area contributed by atoms with E-state index in [4.69, 9.17) is 29.6 Å². The summed E-state index contributed by atoms with van der Waals surface area (Å²) in [7, 11) is -4.79. The number of hydrogen-bond donors (Lipinski definition) is 6. The maximum atomic E-state index is 11.2. The third-order valence-corrected chi connectivity index (χ3v) is 6.43. The highest BCUT2D eigenvalue weighted by Gasteiger charge is 2.56. The highest BCUT2D eigenvalue weighted by Crippen LogP contribution is 2.41. The van der Waals surface area contributed by atoms with Crippen LogP contribution in [0.15, 0.2) is 11.8 Å². The SMILES string of the molecule is CC1(C)OC(COS(=O)(=O)O)[C@@](C)(COC[C@@]2(C)OC(C(=O)O)=C[C@@H](O)C2O)[C@@H](O)C1N. The molecule has 3 unspecified atom stereocenters. The molecule has 7 N–H and O–H groups in total. The van der Waals surface area contributed by atoms with Crippen LogP contribution >= 0.6 is 0 Å². The van der Waals surface area contributed by atoms with Crippen LogP contribution in [0.1, 0.15) is 27.7 Å². The molecule has 0 amide bonds. The Labute approximate surface area is 185 Å². The van der Waals surface area contributed by atoms with Gasteiger partial charge < -0.3 is 40.4 Å². The van der Waals surface area contributed by atoms with Crippen LogP contribution in [0.3, 0.4) is 0 Å². The summed E-state index contributed by atoms with van der Waals surface area (Å²) >= 11 is 0. The van der Waals surface area contributed by atoms with Crippen molar-refractivity contribution in [2.24, 2.45) is 11.1 Å². The first-order chi connectivity index (χ1) is 14.4. The van der Waals surface area contributed by atoms with E-state index >= 15 is 0 Å². The van der Waals surface area contributed by atoms with Crippen molar-refractivity contribution >= 4 is 16.4 Å². The Balaban J connectivity index is 2.20. The molecule has 2 heterocycles. The maximum absolute atomic E-state index is 11.2. The van der Waals surface area contributed by atoms with Crippen molar-refractivity contribution in [3.05, 3.63) is 11.8 Å². The molecule has 1 fully saturated rings. The first-order valence-corrected chi connectivity index (χ1v) is 11.1. The standard InChI is InChI=1S/C18H31NO12S/c1-16(2)12(19)14(22)17(3,11(31-16)6-29-32(25,26)27)7-28-8-18(4)13(21)9(20)5-10(30-18)15(23)24/h5,9,11-14,20-22H,6-8,19H2,1-4H3,(H,23,24)(H,25,26,27)/t9-,11?,12?,13?,14+,17-,18-/m1/s1. The fraction of sp³-hybridized carbons (Fsp3) is 0.833. The zero-order chi connectivity index (χ0) is 24.7. The van der Waals surface area contributed by atoms with Gasteiger partial charge in [-0.1, -0.05) is 6.92 Å². The molecule has 0 saturated carbocycles. The van der Waals surface area contributed by atoms with Crippen molar-refractivity contribution in [2.75, 3.05) is 19.8 Å². The van der Waals surface area contributed by atoms with E-state index in [2.05, 4.69) is 4.18 Å². The highest BCUT2D eigenvalue weighted by molar-refractivity contribution is 7.80. The summed E-state index contributed by atoms with van der Waals surface area (Å²) < 4.78 is 52.3. The molecule has 0 aromatic carbocycles. The molecule has 186 valence electrons. The van der Waals surface area contributed by atoms with Gasteiger partial charge in [0.1, 0.15) is 12.2 Å². The Morgan fingerprint density at radius 3 is 2.28 bits per heavy atom. The second-order valence-corrected chi connectivity index (χ2v) is 10.2. The van der Waals surface area contributed by atoms with Crippen LogP contribution in [0.2, 0.25) is 0 Å². The minimum atomic E-state index is -4.79. The Morgan fingerprint density at radius 2 is 1.75 bits per heavy atom. The van der Waals surface area contributed by atoms with Crippen LogP contribution in [-0.2, 0) is 33.6 Å². The van der Waals surface area contributed by atoms with Gasteiger partial charge in [-0.2, -0.15) is 8.42 Å². The van der Waals surface area contributed by atoms with E-state index in [0.717, 1.165) is 6.08 Å². The number of hydrogen-bond acceptors (Lipinski definition) is 11. The first kappa shape index (κ1) is 26.9. The topological polar surface area (TPSA) is 215 Å². The zero-order valence-corrected chi connectivity index (χ0v) is 19.0. The third-order valence-electron chi connectivity index (χ3n) is 6.00. The summed E-state index contributed by atoms with van der Waals surface area (Å²) in [4.78, 5) is 11.2. The molecule has 2 aliphatic rings. The largest absolute Gasteiger partial charge is 0.475 e. The van der Waals surface area contributed by atoms with Crippen molar-refractivity contribution in [2.45, 2.75) is 69.4 Å². The van der Waals surface area contributed by atoms with E-state index in [0.29, 0.717) is 0 Å². The van der Waals surface area contributed by atoms with Gasteiger partial charge in [-0.05, 0) is 26.8 Å². The van der Waals surface area contributed by atoms with Gasteiger partial charge in [0.2, 0.25) is 5.76 Å². The van der Waals surface area contributed by atoms with E-state index in [-0.39, 0.29) is 6.61 Å². The predicted octanol–water partition coefficient (Wildman–Crippen LogP) is -1.83. The summed E-state index contributed by atoms with van der Waals surface area (Å²) in [6.45, 7) is 4.65. The van der Waals surface area contributed by atoms with Crippen molar-refractivity contribution in [1.29, 1.82) is 0 Å². The van der Waals surface area contributed by atoms with Crippen molar-refractivity contribution < 1.29 is 56.6 Å². The third kappa shape index (κ3) is 5.58. The molecule has 1 saturated heterocycles. The molecule has 0 bridgehead atoms. The van der Waals surface area contributed by atoms with Crippen molar-refractivity contribution in [3.63, 3.8) is 0 Å². The summed E-state index contributed by atoms with van der Waals surface area (Å²) in [6, 6.07) is -0.909. The minimum Gasteiger partial charge on any atom is -0.475 e. The van der Waals surface area contributed by atoms with Gasteiger partial charge in [-0.25, -0.2) is 8.98 Å². The molecular weight excluding hydrogens is 454 g/mol. The minimum absolute atomic E-state index is 0.314. The number of carbonyl (C=O) groups is 1. The number of carboxylic acids is 1.